The third kappa shape index (κ3) is 1.66. The van der Waals surface area contributed by atoms with Gasteiger partial charge in [-0.05, 0) is 71.6 Å². The minimum atomic E-state index is -0.188. The van der Waals surface area contributed by atoms with E-state index in [9.17, 15) is 4.79 Å². The van der Waals surface area contributed by atoms with E-state index in [0.717, 1.165) is 38.5 Å². The topological polar surface area (TPSA) is 17.1 Å². The van der Waals surface area contributed by atoms with Crippen LogP contribution in [0.15, 0.2) is 42.0 Å². The Morgan fingerprint density at radius 3 is 2.87 bits per heavy atom. The third-order valence-corrected chi connectivity index (χ3v) is 6.58. The molecule has 0 N–H and O–H groups in total. The molecular weight excluding hydrogens is 280 g/mol. The Labute approximate surface area is 137 Å². The molecule has 2 aromatic carbocycles. The first-order valence-corrected chi connectivity index (χ1v) is 8.98. The van der Waals surface area contributed by atoms with Crippen molar-refractivity contribution in [2.45, 2.75) is 50.9 Å². The van der Waals surface area contributed by atoms with Crippen LogP contribution in [-0.2, 0) is 23.1 Å². The normalized spacial score (nSPS) is 28.5. The Kier molecular flexibility index (Phi) is 2.69. The molecule has 1 saturated carbocycles. The van der Waals surface area contributed by atoms with Gasteiger partial charge in [0.1, 0.15) is 5.78 Å². The van der Waals surface area contributed by atoms with Crippen molar-refractivity contribution in [3.8, 4) is 0 Å². The molecule has 23 heavy (non-hydrogen) atoms. The summed E-state index contributed by atoms with van der Waals surface area (Å²) in [6.07, 6.45) is 8.33. The van der Waals surface area contributed by atoms with Gasteiger partial charge in [0.2, 0.25) is 0 Å². The molecular formula is C22H22O. The van der Waals surface area contributed by atoms with E-state index in [2.05, 4.69) is 43.3 Å². The number of hydrogen-bond donors (Lipinski definition) is 0. The first-order valence-electron chi connectivity index (χ1n) is 8.98. The standard InChI is InChI=1S/C22H22O/c1-2-15-4-3-5-16-11-17-7-9-21(23)22(20(17)12-19(15)16)13-14-6-8-18(22)10-14/h3-6,11-12,18H,2,7-10,13H2,1H3. The van der Waals surface area contributed by atoms with Crippen molar-refractivity contribution in [1.82, 2.24) is 0 Å². The van der Waals surface area contributed by atoms with E-state index in [1.54, 1.807) is 0 Å². The summed E-state index contributed by atoms with van der Waals surface area (Å²) in [7, 11) is 0. The lowest BCUT2D eigenvalue weighted by atomic mass is 9.61. The maximum absolute atomic E-state index is 13.0. The van der Waals surface area contributed by atoms with Crippen LogP contribution in [0.1, 0.15) is 49.3 Å². The molecule has 3 aliphatic carbocycles. The molecule has 2 bridgehead atoms. The molecule has 0 aromatic heterocycles. The smallest absolute Gasteiger partial charge is 0.144 e. The van der Waals surface area contributed by atoms with E-state index >= 15 is 0 Å². The van der Waals surface area contributed by atoms with Gasteiger partial charge in [0, 0.05) is 6.42 Å². The second kappa shape index (κ2) is 4.56. The fraction of sp³-hybridized carbons (Fsp3) is 0.409. The van der Waals surface area contributed by atoms with E-state index in [4.69, 9.17) is 0 Å². The van der Waals surface area contributed by atoms with Crippen molar-refractivity contribution >= 4 is 16.6 Å². The van der Waals surface area contributed by atoms with Gasteiger partial charge >= 0.3 is 0 Å². The van der Waals surface area contributed by atoms with Crippen molar-refractivity contribution in [3.05, 3.63) is 58.7 Å². The third-order valence-electron chi connectivity index (χ3n) is 6.58. The molecule has 0 saturated heterocycles. The summed E-state index contributed by atoms with van der Waals surface area (Å²) < 4.78 is 0. The van der Waals surface area contributed by atoms with Gasteiger partial charge in [-0.15, -0.1) is 0 Å². The van der Waals surface area contributed by atoms with Gasteiger partial charge in [0.15, 0.2) is 0 Å². The summed E-state index contributed by atoms with van der Waals surface area (Å²) in [6.45, 7) is 2.22. The van der Waals surface area contributed by atoms with Gasteiger partial charge in [-0.2, -0.15) is 0 Å². The maximum Gasteiger partial charge on any atom is 0.144 e. The van der Waals surface area contributed by atoms with E-state index in [-0.39, 0.29) is 5.41 Å². The van der Waals surface area contributed by atoms with Crippen molar-refractivity contribution in [2.24, 2.45) is 5.92 Å². The molecule has 3 aliphatic rings. The van der Waals surface area contributed by atoms with Crippen molar-refractivity contribution in [2.75, 3.05) is 0 Å². The monoisotopic (exact) mass is 302 g/mol. The molecule has 0 heterocycles. The maximum atomic E-state index is 13.0. The number of carbonyl (C=O) groups excluding carboxylic acids is 1. The fourth-order valence-corrected chi connectivity index (χ4v) is 5.44. The molecule has 116 valence electrons. The van der Waals surface area contributed by atoms with Gasteiger partial charge in [-0.25, -0.2) is 0 Å². The molecule has 1 heteroatoms. The Hall–Kier alpha value is -1.89. The Morgan fingerprint density at radius 1 is 1.22 bits per heavy atom. The van der Waals surface area contributed by atoms with Gasteiger partial charge < -0.3 is 0 Å². The van der Waals surface area contributed by atoms with Crippen LogP contribution in [-0.4, -0.2) is 5.78 Å². The Morgan fingerprint density at radius 2 is 2.13 bits per heavy atom. The van der Waals surface area contributed by atoms with Crippen LogP contribution >= 0.6 is 0 Å². The molecule has 0 aliphatic heterocycles. The highest BCUT2D eigenvalue weighted by Gasteiger charge is 2.55. The molecule has 2 atom stereocenters. The highest BCUT2D eigenvalue weighted by atomic mass is 16.1. The molecule has 2 aromatic rings. The number of aryl methyl sites for hydroxylation is 2. The minimum Gasteiger partial charge on any atom is -0.299 e. The average molecular weight is 302 g/mol. The van der Waals surface area contributed by atoms with Gasteiger partial charge in [0.05, 0.1) is 5.41 Å². The number of rotatable bonds is 1. The van der Waals surface area contributed by atoms with Gasteiger partial charge in [-0.1, -0.05) is 42.8 Å². The summed E-state index contributed by atoms with van der Waals surface area (Å²) >= 11 is 0. The lowest BCUT2D eigenvalue weighted by Crippen LogP contribution is -2.43. The van der Waals surface area contributed by atoms with E-state index in [0.29, 0.717) is 11.7 Å². The lowest BCUT2D eigenvalue weighted by molar-refractivity contribution is -0.126. The SMILES string of the molecule is CCc1cccc2cc3c(cc12)C1(CC2=CCC1C2)C(=O)CC3. The van der Waals surface area contributed by atoms with Crippen LogP contribution in [0.5, 0.6) is 0 Å². The largest absolute Gasteiger partial charge is 0.299 e. The number of benzene rings is 2. The van der Waals surface area contributed by atoms with Crippen LogP contribution in [0.3, 0.4) is 0 Å². The van der Waals surface area contributed by atoms with Crippen LogP contribution in [0.25, 0.3) is 10.8 Å². The van der Waals surface area contributed by atoms with Crippen LogP contribution in [0.4, 0.5) is 0 Å². The summed E-state index contributed by atoms with van der Waals surface area (Å²) in [5, 5.41) is 2.70. The number of Topliss-reactive ketones (excluding diaryl/α,β-unsaturated/α-hetero) is 1. The second-order valence-corrected chi connectivity index (χ2v) is 7.57. The molecule has 1 fully saturated rings. The van der Waals surface area contributed by atoms with Gasteiger partial charge in [-0.3, -0.25) is 4.79 Å². The Bertz CT molecular complexity index is 873. The highest BCUT2D eigenvalue weighted by Crippen LogP contribution is 2.57. The van der Waals surface area contributed by atoms with Gasteiger partial charge in [0.25, 0.3) is 0 Å². The zero-order valence-electron chi connectivity index (χ0n) is 13.7. The summed E-state index contributed by atoms with van der Waals surface area (Å²) in [6, 6.07) is 11.4. The van der Waals surface area contributed by atoms with Crippen LogP contribution in [0, 0.1) is 5.92 Å². The van der Waals surface area contributed by atoms with E-state index in [1.807, 2.05) is 0 Å². The lowest BCUT2D eigenvalue weighted by Gasteiger charge is -2.40. The van der Waals surface area contributed by atoms with E-state index in [1.165, 1.54) is 33.0 Å². The molecule has 0 radical (unpaired) electrons. The average Bonchev–Trinajstić information content (AvgIpc) is 3.18. The summed E-state index contributed by atoms with van der Waals surface area (Å²) in [4.78, 5) is 13.0. The fourth-order valence-electron chi connectivity index (χ4n) is 5.44. The first kappa shape index (κ1) is 13.5. The molecule has 2 unspecified atom stereocenters. The number of ketones is 1. The zero-order valence-corrected chi connectivity index (χ0v) is 13.7. The van der Waals surface area contributed by atoms with Crippen molar-refractivity contribution < 1.29 is 4.79 Å². The van der Waals surface area contributed by atoms with Crippen LogP contribution in [0.2, 0.25) is 0 Å². The summed E-state index contributed by atoms with van der Waals surface area (Å²) in [5.41, 5.74) is 5.54. The number of allylic oxidation sites excluding steroid dienone is 2. The first-order chi connectivity index (χ1) is 11.2. The van der Waals surface area contributed by atoms with Crippen molar-refractivity contribution in [3.63, 3.8) is 0 Å². The highest BCUT2D eigenvalue weighted by molar-refractivity contribution is 5.97. The zero-order chi connectivity index (χ0) is 15.6. The molecule has 5 rings (SSSR count). The molecule has 0 amide bonds. The van der Waals surface area contributed by atoms with E-state index < -0.39 is 0 Å². The summed E-state index contributed by atoms with van der Waals surface area (Å²) in [5.74, 6) is 1.03. The minimum absolute atomic E-state index is 0.188. The second-order valence-electron chi connectivity index (χ2n) is 7.57. The predicted octanol–water partition coefficient (Wildman–Crippen LogP) is 4.90. The molecule has 1 nitrogen and oxygen atoms in total. The predicted molar refractivity (Wildman–Crippen MR) is 93.8 cm³/mol. The van der Waals surface area contributed by atoms with Crippen molar-refractivity contribution in [1.29, 1.82) is 0 Å². The quantitative estimate of drug-likeness (QED) is 0.685. The Balaban J connectivity index is 1.81. The van der Waals surface area contributed by atoms with Crippen LogP contribution < -0.4 is 0 Å². The number of hydrogen-bond acceptors (Lipinski definition) is 1. The number of carbonyl (C=O) groups is 1. The number of fused-ring (bicyclic) bond motifs is 6. The molecule has 1 spiro atoms.